The van der Waals surface area contributed by atoms with Crippen molar-refractivity contribution in [1.29, 1.82) is 0 Å². The van der Waals surface area contributed by atoms with Crippen LogP contribution in [0.5, 0.6) is 0 Å². The van der Waals surface area contributed by atoms with E-state index in [1.54, 1.807) is 6.20 Å². The molecule has 0 unspecified atom stereocenters. The lowest BCUT2D eigenvalue weighted by atomic mass is 9.94. The smallest absolute Gasteiger partial charge is 0.257 e. The summed E-state index contributed by atoms with van der Waals surface area (Å²) in [6.07, 6.45) is 5.55. The van der Waals surface area contributed by atoms with Gasteiger partial charge in [0.15, 0.2) is 0 Å². The van der Waals surface area contributed by atoms with Crippen molar-refractivity contribution in [3.05, 3.63) is 17.5 Å². The molecule has 3 saturated heterocycles. The van der Waals surface area contributed by atoms with Crippen LogP contribution in [0.2, 0.25) is 0 Å². The van der Waals surface area contributed by atoms with Gasteiger partial charge in [0.1, 0.15) is 0 Å². The summed E-state index contributed by atoms with van der Waals surface area (Å²) in [5, 5.41) is 4.35. The highest BCUT2D eigenvalue weighted by atomic mass is 16.2. The second-order valence-electron chi connectivity index (χ2n) is 7.04. The summed E-state index contributed by atoms with van der Waals surface area (Å²) < 4.78 is 1.90. The number of carbonyl (C=O) groups is 2. The largest absolute Gasteiger partial charge is 0.338 e. The van der Waals surface area contributed by atoms with Crippen molar-refractivity contribution in [2.45, 2.75) is 59.0 Å². The Morgan fingerprint density at radius 2 is 1.96 bits per heavy atom. The zero-order chi connectivity index (χ0) is 17.3. The number of hydrogen-bond acceptors (Lipinski definition) is 3. The molecule has 132 valence electrons. The maximum atomic E-state index is 13.0. The standard InChI is InChI=1S/C18H28N4O2/c1-4-8-21-15-7-6-14(17(21)23)11-20(12-15)18(24)16-10-19-22(9-5-2)13(16)3/h10,14-15H,4-9,11-12H2,1-3H3/t14-,15+/m0/s1. The van der Waals surface area contributed by atoms with Crippen molar-refractivity contribution in [2.75, 3.05) is 19.6 Å². The molecule has 24 heavy (non-hydrogen) atoms. The zero-order valence-corrected chi connectivity index (χ0v) is 15.0. The molecule has 3 aliphatic rings. The molecule has 2 amide bonds. The molecule has 0 radical (unpaired) electrons. The summed E-state index contributed by atoms with van der Waals surface area (Å²) in [6.45, 7) is 8.98. The van der Waals surface area contributed by atoms with Crippen LogP contribution < -0.4 is 0 Å². The molecule has 0 spiro atoms. The van der Waals surface area contributed by atoms with Gasteiger partial charge in [0, 0.05) is 37.9 Å². The molecule has 4 heterocycles. The van der Waals surface area contributed by atoms with Crippen LogP contribution in [0.25, 0.3) is 0 Å². The van der Waals surface area contributed by atoms with E-state index in [1.165, 1.54) is 0 Å². The SMILES string of the molecule is CCCN1C(=O)[C@H]2CC[C@@H]1CN(C(=O)c1cnn(CCC)c1C)C2. The first-order chi connectivity index (χ1) is 11.6. The molecule has 0 saturated carbocycles. The van der Waals surface area contributed by atoms with Gasteiger partial charge >= 0.3 is 0 Å². The second kappa shape index (κ2) is 6.95. The van der Waals surface area contributed by atoms with Crippen molar-refractivity contribution in [2.24, 2.45) is 5.92 Å². The zero-order valence-electron chi connectivity index (χ0n) is 15.0. The lowest BCUT2D eigenvalue weighted by Gasteiger charge is -2.35. The summed E-state index contributed by atoms with van der Waals surface area (Å²) in [5.41, 5.74) is 1.61. The Balaban J connectivity index is 1.80. The summed E-state index contributed by atoms with van der Waals surface area (Å²) >= 11 is 0. The molecule has 1 aromatic heterocycles. The maximum Gasteiger partial charge on any atom is 0.257 e. The lowest BCUT2D eigenvalue weighted by Crippen LogP contribution is -2.48. The third-order valence-corrected chi connectivity index (χ3v) is 5.31. The highest BCUT2D eigenvalue weighted by Crippen LogP contribution is 2.30. The minimum atomic E-state index is -0.0368. The fourth-order valence-corrected chi connectivity index (χ4v) is 4.01. The van der Waals surface area contributed by atoms with Gasteiger partial charge in [-0.05, 0) is 32.6 Å². The van der Waals surface area contributed by atoms with E-state index >= 15 is 0 Å². The Hall–Kier alpha value is -1.85. The number of amides is 2. The van der Waals surface area contributed by atoms with Crippen molar-refractivity contribution in [1.82, 2.24) is 19.6 Å². The molecule has 0 aromatic carbocycles. The number of rotatable bonds is 5. The quantitative estimate of drug-likeness (QED) is 0.829. The first-order valence-corrected chi connectivity index (χ1v) is 9.18. The molecular weight excluding hydrogens is 304 g/mol. The Labute approximate surface area is 143 Å². The number of fused-ring (bicyclic) bond motifs is 4. The molecule has 4 rings (SSSR count). The number of aryl methyl sites for hydroxylation is 1. The van der Waals surface area contributed by atoms with Crippen molar-refractivity contribution < 1.29 is 9.59 Å². The van der Waals surface area contributed by atoms with E-state index in [0.29, 0.717) is 18.7 Å². The van der Waals surface area contributed by atoms with Gasteiger partial charge in [-0.3, -0.25) is 14.3 Å². The van der Waals surface area contributed by atoms with E-state index in [0.717, 1.165) is 44.5 Å². The van der Waals surface area contributed by atoms with Gasteiger partial charge in [-0.15, -0.1) is 0 Å². The predicted molar refractivity (Wildman–Crippen MR) is 91.7 cm³/mol. The van der Waals surface area contributed by atoms with Gasteiger partial charge in [0.2, 0.25) is 5.91 Å². The maximum absolute atomic E-state index is 13.0. The van der Waals surface area contributed by atoms with Crippen molar-refractivity contribution in [3.63, 3.8) is 0 Å². The van der Waals surface area contributed by atoms with Crippen molar-refractivity contribution >= 4 is 11.8 Å². The molecular formula is C18H28N4O2. The van der Waals surface area contributed by atoms with Crippen LogP contribution in [-0.2, 0) is 11.3 Å². The van der Waals surface area contributed by atoms with Gasteiger partial charge in [-0.25, -0.2) is 0 Å². The van der Waals surface area contributed by atoms with Crippen LogP contribution in [0, 0.1) is 12.8 Å². The van der Waals surface area contributed by atoms with Crippen LogP contribution in [0.1, 0.15) is 55.6 Å². The molecule has 6 heteroatoms. The van der Waals surface area contributed by atoms with E-state index in [9.17, 15) is 9.59 Å². The molecule has 0 aliphatic carbocycles. The number of piperidine rings is 1. The second-order valence-corrected chi connectivity index (χ2v) is 7.04. The first-order valence-electron chi connectivity index (χ1n) is 9.18. The van der Waals surface area contributed by atoms with E-state index in [2.05, 4.69) is 18.9 Å². The van der Waals surface area contributed by atoms with Crippen LogP contribution in [0.4, 0.5) is 0 Å². The van der Waals surface area contributed by atoms with E-state index < -0.39 is 0 Å². The molecule has 2 bridgehead atoms. The third kappa shape index (κ3) is 2.94. The number of aromatic nitrogens is 2. The van der Waals surface area contributed by atoms with Gasteiger partial charge in [-0.1, -0.05) is 13.8 Å². The van der Waals surface area contributed by atoms with E-state index in [-0.39, 0.29) is 23.8 Å². The monoisotopic (exact) mass is 332 g/mol. The molecule has 6 nitrogen and oxygen atoms in total. The van der Waals surface area contributed by atoms with E-state index in [1.807, 2.05) is 21.4 Å². The molecule has 2 atom stereocenters. The lowest BCUT2D eigenvalue weighted by molar-refractivity contribution is -0.139. The molecule has 3 fully saturated rings. The van der Waals surface area contributed by atoms with Gasteiger partial charge in [0.05, 0.1) is 17.7 Å². The molecule has 0 N–H and O–H groups in total. The van der Waals surface area contributed by atoms with Gasteiger partial charge < -0.3 is 9.80 Å². The van der Waals surface area contributed by atoms with Crippen molar-refractivity contribution in [3.8, 4) is 0 Å². The topological polar surface area (TPSA) is 58.4 Å². The van der Waals surface area contributed by atoms with Crippen LogP contribution in [0.3, 0.4) is 0 Å². The summed E-state index contributed by atoms with van der Waals surface area (Å²) in [4.78, 5) is 29.5. The fraction of sp³-hybridized carbons (Fsp3) is 0.722. The average Bonchev–Trinajstić information content (AvgIpc) is 2.75. The number of carbonyl (C=O) groups excluding carboxylic acids is 2. The van der Waals surface area contributed by atoms with Gasteiger partial charge in [-0.2, -0.15) is 5.10 Å². The normalized spacial score (nSPS) is 23.7. The Morgan fingerprint density at radius 1 is 1.21 bits per heavy atom. The van der Waals surface area contributed by atoms with Gasteiger partial charge in [0.25, 0.3) is 5.91 Å². The minimum Gasteiger partial charge on any atom is -0.338 e. The fourth-order valence-electron chi connectivity index (χ4n) is 4.01. The average molecular weight is 332 g/mol. The first kappa shape index (κ1) is 17.0. The predicted octanol–water partition coefficient (Wildman–Crippen LogP) is 2.07. The minimum absolute atomic E-state index is 0.0258. The summed E-state index contributed by atoms with van der Waals surface area (Å²) in [7, 11) is 0. The Bertz CT molecular complexity index is 625. The van der Waals surface area contributed by atoms with E-state index in [4.69, 9.17) is 0 Å². The van der Waals surface area contributed by atoms with Crippen LogP contribution >= 0.6 is 0 Å². The highest BCUT2D eigenvalue weighted by Gasteiger charge is 2.41. The molecule has 1 aromatic rings. The summed E-state index contributed by atoms with van der Waals surface area (Å²) in [5.74, 6) is 0.227. The number of nitrogens with zero attached hydrogens (tertiary/aromatic N) is 4. The number of hydrogen-bond donors (Lipinski definition) is 0. The Morgan fingerprint density at radius 3 is 2.67 bits per heavy atom. The summed E-state index contributed by atoms with van der Waals surface area (Å²) in [6, 6.07) is 0.172. The highest BCUT2D eigenvalue weighted by molar-refractivity contribution is 5.95. The van der Waals surface area contributed by atoms with Crippen LogP contribution in [0.15, 0.2) is 6.20 Å². The van der Waals surface area contributed by atoms with Crippen LogP contribution in [-0.4, -0.2) is 57.1 Å². The molecule has 3 aliphatic heterocycles. The Kier molecular flexibility index (Phi) is 4.92. The third-order valence-electron chi connectivity index (χ3n) is 5.31.